The fourth-order valence-corrected chi connectivity index (χ4v) is 2.11. The Bertz CT molecular complexity index is 419. The number of carbonyl (C=O) groups is 1. The van der Waals surface area contributed by atoms with Crippen molar-refractivity contribution in [1.29, 1.82) is 0 Å². The summed E-state index contributed by atoms with van der Waals surface area (Å²) in [4.78, 5) is 16.5. The average Bonchev–Trinajstić information content (AvgIpc) is 2.59. The molecule has 0 aromatic carbocycles. The van der Waals surface area contributed by atoms with Gasteiger partial charge < -0.3 is 9.47 Å². The summed E-state index contributed by atoms with van der Waals surface area (Å²) < 4.78 is 10.1. The van der Waals surface area contributed by atoms with Gasteiger partial charge in [-0.3, -0.25) is 0 Å². The number of esters is 1. The van der Waals surface area contributed by atoms with Crippen LogP contribution in [0.2, 0.25) is 0 Å². The molecule has 1 rings (SSSR count). The first-order valence-electron chi connectivity index (χ1n) is 5.30. The van der Waals surface area contributed by atoms with Crippen LogP contribution in [0.5, 0.6) is 0 Å². The highest BCUT2D eigenvalue weighted by atomic mass is 32.1. The Balaban J connectivity index is 2.65. The average molecular weight is 255 g/mol. The van der Waals surface area contributed by atoms with Crippen molar-refractivity contribution >= 4 is 17.3 Å². The maximum atomic E-state index is 11.7. The number of hydrogen-bond donors (Lipinski definition) is 0. The van der Waals surface area contributed by atoms with Gasteiger partial charge in [0.2, 0.25) is 0 Å². The minimum atomic E-state index is -0.320. The predicted molar refractivity (Wildman–Crippen MR) is 67.3 cm³/mol. The fourth-order valence-electron chi connectivity index (χ4n) is 1.18. The number of allylic oxidation sites excluding steroid dienone is 1. The zero-order chi connectivity index (χ0) is 12.8. The third-order valence-electron chi connectivity index (χ3n) is 2.00. The van der Waals surface area contributed by atoms with Gasteiger partial charge in [-0.2, -0.15) is 0 Å². The van der Waals surface area contributed by atoms with E-state index in [0.29, 0.717) is 23.8 Å². The van der Waals surface area contributed by atoms with Crippen molar-refractivity contribution in [2.24, 2.45) is 0 Å². The molecule has 0 aliphatic carbocycles. The Morgan fingerprint density at radius 3 is 2.76 bits per heavy atom. The van der Waals surface area contributed by atoms with E-state index in [1.165, 1.54) is 11.3 Å². The fraction of sp³-hybridized carbons (Fsp3) is 0.500. The van der Waals surface area contributed by atoms with Gasteiger partial charge in [0, 0.05) is 7.11 Å². The summed E-state index contributed by atoms with van der Waals surface area (Å²) in [6.45, 7) is 6.45. The molecule has 0 unspecified atom stereocenters. The van der Waals surface area contributed by atoms with Crippen molar-refractivity contribution in [3.8, 4) is 0 Å². The van der Waals surface area contributed by atoms with Crippen LogP contribution in [0.4, 0.5) is 0 Å². The van der Waals surface area contributed by atoms with Gasteiger partial charge in [-0.1, -0.05) is 5.57 Å². The van der Waals surface area contributed by atoms with Gasteiger partial charge >= 0.3 is 5.97 Å². The van der Waals surface area contributed by atoms with Crippen molar-refractivity contribution in [2.75, 3.05) is 13.7 Å². The molecule has 0 aliphatic heterocycles. The molecule has 0 aliphatic rings. The molecule has 0 spiro atoms. The topological polar surface area (TPSA) is 48.4 Å². The summed E-state index contributed by atoms with van der Waals surface area (Å²) in [6.07, 6.45) is 1.87. The Morgan fingerprint density at radius 1 is 1.47 bits per heavy atom. The van der Waals surface area contributed by atoms with Gasteiger partial charge in [0.05, 0.1) is 12.3 Å². The lowest BCUT2D eigenvalue weighted by atomic mass is 10.3. The lowest BCUT2D eigenvalue weighted by molar-refractivity contribution is 0.0553. The van der Waals surface area contributed by atoms with Crippen LogP contribution in [-0.2, 0) is 16.1 Å². The SMILES string of the molecule is COCc1nc(C)c(C(=O)OCC=C(C)C)s1. The summed E-state index contributed by atoms with van der Waals surface area (Å²) in [5, 5.41) is 0.791. The van der Waals surface area contributed by atoms with Crippen LogP contribution in [0.25, 0.3) is 0 Å². The molecule has 0 radical (unpaired) electrons. The Kier molecular flexibility index (Phi) is 5.31. The van der Waals surface area contributed by atoms with Crippen molar-refractivity contribution in [3.63, 3.8) is 0 Å². The second-order valence-electron chi connectivity index (χ2n) is 3.84. The van der Waals surface area contributed by atoms with Crippen LogP contribution in [0, 0.1) is 6.92 Å². The lowest BCUT2D eigenvalue weighted by Gasteiger charge is -2.00. The quantitative estimate of drug-likeness (QED) is 0.599. The maximum Gasteiger partial charge on any atom is 0.350 e. The molecule has 1 aromatic rings. The molecule has 0 amide bonds. The highest BCUT2D eigenvalue weighted by Crippen LogP contribution is 2.19. The van der Waals surface area contributed by atoms with Crippen molar-refractivity contribution in [1.82, 2.24) is 4.98 Å². The molecule has 0 fully saturated rings. The molecule has 4 nitrogen and oxygen atoms in total. The van der Waals surface area contributed by atoms with Crippen LogP contribution in [0.1, 0.15) is 34.2 Å². The molecule has 5 heteroatoms. The number of rotatable bonds is 5. The minimum Gasteiger partial charge on any atom is -0.457 e. The molecule has 94 valence electrons. The summed E-state index contributed by atoms with van der Waals surface area (Å²) >= 11 is 1.32. The standard InChI is InChI=1S/C12H17NO3S/c1-8(2)5-6-16-12(14)11-9(3)13-10(17-11)7-15-4/h5H,6-7H2,1-4H3. The Hall–Kier alpha value is -1.20. The van der Waals surface area contributed by atoms with Gasteiger partial charge in [-0.25, -0.2) is 9.78 Å². The van der Waals surface area contributed by atoms with Gasteiger partial charge in [-0.15, -0.1) is 11.3 Å². The van der Waals surface area contributed by atoms with E-state index in [1.807, 2.05) is 19.9 Å². The second-order valence-corrected chi connectivity index (χ2v) is 4.92. The van der Waals surface area contributed by atoms with Crippen LogP contribution in [-0.4, -0.2) is 24.7 Å². The van der Waals surface area contributed by atoms with Crippen molar-refractivity contribution < 1.29 is 14.3 Å². The van der Waals surface area contributed by atoms with Gasteiger partial charge in [0.25, 0.3) is 0 Å². The first kappa shape index (κ1) is 13.9. The van der Waals surface area contributed by atoms with Gasteiger partial charge in [-0.05, 0) is 26.8 Å². The summed E-state index contributed by atoms with van der Waals surface area (Å²) in [5.74, 6) is -0.320. The van der Waals surface area contributed by atoms with Crippen LogP contribution >= 0.6 is 11.3 Å². The molecule has 0 saturated carbocycles. The number of aryl methyl sites for hydroxylation is 1. The van der Waals surface area contributed by atoms with E-state index in [0.717, 1.165) is 10.6 Å². The maximum absolute atomic E-state index is 11.7. The third-order valence-corrected chi connectivity index (χ3v) is 3.11. The first-order chi connectivity index (χ1) is 8.04. The highest BCUT2D eigenvalue weighted by Gasteiger charge is 2.16. The predicted octanol–water partition coefficient (Wildman–Crippen LogP) is 2.72. The first-order valence-corrected chi connectivity index (χ1v) is 6.12. The zero-order valence-electron chi connectivity index (χ0n) is 10.6. The molecular weight excluding hydrogens is 238 g/mol. The number of hydrogen-bond acceptors (Lipinski definition) is 5. The molecule has 1 heterocycles. The summed E-state index contributed by atoms with van der Waals surface area (Å²) in [7, 11) is 1.60. The number of aromatic nitrogens is 1. The molecule has 17 heavy (non-hydrogen) atoms. The molecule has 0 bridgehead atoms. The number of nitrogens with zero attached hydrogens (tertiary/aromatic N) is 1. The normalized spacial score (nSPS) is 10.1. The van der Waals surface area contributed by atoms with E-state index in [-0.39, 0.29) is 5.97 Å². The smallest absolute Gasteiger partial charge is 0.350 e. The number of methoxy groups -OCH3 is 1. The largest absolute Gasteiger partial charge is 0.457 e. The lowest BCUT2D eigenvalue weighted by Crippen LogP contribution is -2.04. The van der Waals surface area contributed by atoms with Crippen LogP contribution in [0.15, 0.2) is 11.6 Å². The molecule has 1 aromatic heterocycles. The Morgan fingerprint density at radius 2 is 2.18 bits per heavy atom. The van der Waals surface area contributed by atoms with E-state index in [9.17, 15) is 4.79 Å². The summed E-state index contributed by atoms with van der Waals surface area (Å²) in [6, 6.07) is 0. The number of thiazole rings is 1. The van der Waals surface area contributed by atoms with Gasteiger partial charge in [0.1, 0.15) is 16.5 Å². The van der Waals surface area contributed by atoms with E-state index in [2.05, 4.69) is 4.98 Å². The molecular formula is C12H17NO3S. The monoisotopic (exact) mass is 255 g/mol. The van der Waals surface area contributed by atoms with Crippen molar-refractivity contribution in [3.05, 3.63) is 27.2 Å². The highest BCUT2D eigenvalue weighted by molar-refractivity contribution is 7.13. The number of ether oxygens (including phenoxy) is 2. The zero-order valence-corrected chi connectivity index (χ0v) is 11.4. The molecule has 0 atom stereocenters. The third kappa shape index (κ3) is 4.28. The molecule has 0 N–H and O–H groups in total. The Labute approximate surface area is 105 Å². The van der Waals surface area contributed by atoms with Gasteiger partial charge in [0.15, 0.2) is 0 Å². The van der Waals surface area contributed by atoms with Crippen LogP contribution in [0.3, 0.4) is 0 Å². The number of carbonyl (C=O) groups excluding carboxylic acids is 1. The van der Waals surface area contributed by atoms with E-state index < -0.39 is 0 Å². The van der Waals surface area contributed by atoms with E-state index in [4.69, 9.17) is 9.47 Å². The van der Waals surface area contributed by atoms with Crippen LogP contribution < -0.4 is 0 Å². The minimum absolute atomic E-state index is 0.304. The second kappa shape index (κ2) is 6.51. The van der Waals surface area contributed by atoms with E-state index >= 15 is 0 Å². The summed E-state index contributed by atoms with van der Waals surface area (Å²) in [5.41, 5.74) is 1.82. The molecule has 0 saturated heterocycles. The van der Waals surface area contributed by atoms with E-state index in [1.54, 1.807) is 14.0 Å². The van der Waals surface area contributed by atoms with Crippen molar-refractivity contribution in [2.45, 2.75) is 27.4 Å².